The number of aliphatic hydroxyl groups is 2. The van der Waals surface area contributed by atoms with E-state index in [0.29, 0.717) is 44.1 Å². The molecule has 2 aliphatic rings. The van der Waals surface area contributed by atoms with E-state index in [1.165, 1.54) is 4.90 Å². The minimum absolute atomic E-state index is 0.0598. The summed E-state index contributed by atoms with van der Waals surface area (Å²) in [5.41, 5.74) is 3.53. The standard InChI is InChI=1S/C32H39NO7/c1-19(16-21-12-14-26(35)23-9-6-5-8-22(21)23)11-13-27(36)29-20(2)17-24-30(25(29)18-34)32(40)33(31(24)39)15-7-3-4-10-28(37)38/h5-6,8-9,12,14,16,24-25,27,30,34-36H,3-4,7,10-11,13,15,17-18H2,1-2H3,(H,37,38)/b19-16+/t24-,25+,27-,30-/m1/s1. The van der Waals surface area contributed by atoms with Crippen molar-refractivity contribution in [2.24, 2.45) is 17.8 Å². The fourth-order valence-electron chi connectivity index (χ4n) is 6.42. The van der Waals surface area contributed by atoms with E-state index in [-0.39, 0.29) is 37.1 Å². The number of unbranched alkanes of at least 4 members (excludes halogenated alkanes) is 2. The fraction of sp³-hybridized carbons (Fsp3) is 0.469. The summed E-state index contributed by atoms with van der Waals surface area (Å²) in [4.78, 5) is 38.5. The number of phenolic OH excluding ortho intramolecular Hbond substituents is 1. The van der Waals surface area contributed by atoms with Gasteiger partial charge in [0.2, 0.25) is 11.8 Å². The van der Waals surface area contributed by atoms with Gasteiger partial charge in [0.15, 0.2) is 0 Å². The highest BCUT2D eigenvalue weighted by atomic mass is 16.4. The van der Waals surface area contributed by atoms with Gasteiger partial charge in [0.1, 0.15) is 5.75 Å². The van der Waals surface area contributed by atoms with Gasteiger partial charge in [-0.15, -0.1) is 0 Å². The average Bonchev–Trinajstić information content (AvgIpc) is 3.16. The molecule has 0 saturated carbocycles. The molecule has 2 aromatic carbocycles. The van der Waals surface area contributed by atoms with Gasteiger partial charge in [-0.25, -0.2) is 0 Å². The zero-order valence-electron chi connectivity index (χ0n) is 23.2. The van der Waals surface area contributed by atoms with Crippen LogP contribution in [-0.4, -0.2) is 62.4 Å². The molecular formula is C32H39NO7. The molecule has 8 heteroatoms. The van der Waals surface area contributed by atoms with E-state index in [0.717, 1.165) is 27.5 Å². The van der Waals surface area contributed by atoms with Crippen molar-refractivity contribution < 1.29 is 34.8 Å². The molecule has 1 heterocycles. The summed E-state index contributed by atoms with van der Waals surface area (Å²) >= 11 is 0. The van der Waals surface area contributed by atoms with Crippen LogP contribution in [0.1, 0.15) is 64.4 Å². The number of rotatable bonds is 12. The van der Waals surface area contributed by atoms with Gasteiger partial charge >= 0.3 is 5.97 Å². The number of amides is 2. The van der Waals surface area contributed by atoms with Crippen LogP contribution in [0.2, 0.25) is 0 Å². The van der Waals surface area contributed by atoms with Crippen molar-refractivity contribution in [2.45, 2.75) is 64.9 Å². The number of fused-ring (bicyclic) bond motifs is 2. The number of likely N-dealkylation sites (tertiary alicyclic amines) is 1. The fourth-order valence-corrected chi connectivity index (χ4v) is 6.42. The molecule has 0 aromatic heterocycles. The number of hydrogen-bond donors (Lipinski definition) is 4. The molecule has 4 rings (SSSR count). The van der Waals surface area contributed by atoms with E-state index in [1.54, 1.807) is 6.07 Å². The average molecular weight is 550 g/mol. The summed E-state index contributed by atoms with van der Waals surface area (Å²) in [6.07, 6.45) is 4.27. The minimum Gasteiger partial charge on any atom is -0.507 e. The summed E-state index contributed by atoms with van der Waals surface area (Å²) in [7, 11) is 0. The number of hydrogen-bond acceptors (Lipinski definition) is 6. The molecule has 40 heavy (non-hydrogen) atoms. The van der Waals surface area contributed by atoms with Crippen LogP contribution in [0.3, 0.4) is 0 Å². The Hall–Kier alpha value is -3.49. The topological polar surface area (TPSA) is 135 Å². The predicted octanol–water partition coefficient (Wildman–Crippen LogP) is 4.66. The number of imide groups is 1. The van der Waals surface area contributed by atoms with E-state index in [2.05, 4.69) is 0 Å². The molecule has 1 fully saturated rings. The lowest BCUT2D eigenvalue weighted by atomic mass is 9.68. The zero-order chi connectivity index (χ0) is 29.0. The van der Waals surface area contributed by atoms with Crippen molar-refractivity contribution in [3.05, 3.63) is 58.7 Å². The largest absolute Gasteiger partial charge is 0.507 e. The highest BCUT2D eigenvalue weighted by Crippen LogP contribution is 2.46. The Bertz CT molecular complexity index is 1340. The molecule has 0 radical (unpaired) electrons. The third-order valence-electron chi connectivity index (χ3n) is 8.40. The van der Waals surface area contributed by atoms with Gasteiger partial charge in [0.05, 0.1) is 24.5 Å². The zero-order valence-corrected chi connectivity index (χ0v) is 23.2. The monoisotopic (exact) mass is 549 g/mol. The normalized spacial score (nSPS) is 22.2. The number of aliphatic carboxylic acids is 1. The number of carbonyl (C=O) groups is 3. The number of aromatic hydroxyl groups is 1. The molecule has 0 bridgehead atoms. The van der Waals surface area contributed by atoms with Crippen molar-refractivity contribution in [3.8, 4) is 5.75 Å². The third kappa shape index (κ3) is 6.13. The second-order valence-electron chi connectivity index (χ2n) is 11.2. The third-order valence-corrected chi connectivity index (χ3v) is 8.40. The molecule has 4 atom stereocenters. The number of phenols is 1. The number of benzene rings is 2. The Balaban J connectivity index is 1.44. The van der Waals surface area contributed by atoms with Crippen LogP contribution in [-0.2, 0) is 14.4 Å². The Morgan fingerprint density at radius 3 is 2.48 bits per heavy atom. The summed E-state index contributed by atoms with van der Waals surface area (Å²) in [5.74, 6) is -3.02. The maximum Gasteiger partial charge on any atom is 0.303 e. The summed E-state index contributed by atoms with van der Waals surface area (Å²) in [5, 5.41) is 42.3. The van der Waals surface area contributed by atoms with Crippen LogP contribution in [0.4, 0.5) is 0 Å². The Morgan fingerprint density at radius 2 is 1.77 bits per heavy atom. The van der Waals surface area contributed by atoms with Crippen LogP contribution >= 0.6 is 0 Å². The molecule has 0 spiro atoms. The highest BCUT2D eigenvalue weighted by molar-refractivity contribution is 6.05. The number of carbonyl (C=O) groups excluding carboxylic acids is 2. The molecule has 214 valence electrons. The second kappa shape index (κ2) is 12.8. The van der Waals surface area contributed by atoms with Gasteiger partial charge in [0.25, 0.3) is 0 Å². The first kappa shape index (κ1) is 29.5. The lowest BCUT2D eigenvalue weighted by Gasteiger charge is -2.35. The maximum atomic E-state index is 13.3. The number of carboxylic acids is 1. The van der Waals surface area contributed by atoms with Crippen molar-refractivity contribution in [2.75, 3.05) is 13.2 Å². The Kier molecular flexibility index (Phi) is 9.43. The first-order valence-corrected chi connectivity index (χ1v) is 14.1. The van der Waals surface area contributed by atoms with Crippen molar-refractivity contribution in [1.82, 2.24) is 4.90 Å². The van der Waals surface area contributed by atoms with E-state index in [9.17, 15) is 29.7 Å². The lowest BCUT2D eigenvalue weighted by Crippen LogP contribution is -2.38. The van der Waals surface area contributed by atoms with E-state index >= 15 is 0 Å². The number of allylic oxidation sites excluding steroid dienone is 2. The van der Waals surface area contributed by atoms with Crippen molar-refractivity contribution >= 4 is 34.6 Å². The molecule has 2 amide bonds. The van der Waals surface area contributed by atoms with Crippen LogP contribution in [0.5, 0.6) is 5.75 Å². The van der Waals surface area contributed by atoms with Crippen LogP contribution in [0.15, 0.2) is 53.1 Å². The molecular weight excluding hydrogens is 510 g/mol. The smallest absolute Gasteiger partial charge is 0.303 e. The maximum absolute atomic E-state index is 13.3. The van der Waals surface area contributed by atoms with Gasteiger partial charge in [-0.1, -0.05) is 54.0 Å². The summed E-state index contributed by atoms with van der Waals surface area (Å²) in [6, 6.07) is 11.2. The quantitative estimate of drug-likeness (QED) is 0.172. The van der Waals surface area contributed by atoms with Crippen LogP contribution in [0.25, 0.3) is 16.8 Å². The first-order valence-electron chi connectivity index (χ1n) is 14.1. The van der Waals surface area contributed by atoms with Crippen LogP contribution in [0, 0.1) is 17.8 Å². The molecule has 1 aliphatic carbocycles. The number of carboxylic acid groups (broad SMARTS) is 1. The van der Waals surface area contributed by atoms with Gasteiger partial charge in [-0.3, -0.25) is 19.3 Å². The van der Waals surface area contributed by atoms with E-state index < -0.39 is 29.8 Å². The van der Waals surface area contributed by atoms with Crippen molar-refractivity contribution in [3.63, 3.8) is 0 Å². The summed E-state index contributed by atoms with van der Waals surface area (Å²) in [6.45, 7) is 3.78. The molecule has 1 aliphatic heterocycles. The summed E-state index contributed by atoms with van der Waals surface area (Å²) < 4.78 is 0. The van der Waals surface area contributed by atoms with Gasteiger partial charge in [-0.05, 0) is 68.5 Å². The lowest BCUT2D eigenvalue weighted by molar-refractivity contribution is -0.141. The molecule has 0 unspecified atom stereocenters. The minimum atomic E-state index is -0.864. The van der Waals surface area contributed by atoms with Gasteiger partial charge < -0.3 is 20.4 Å². The molecule has 8 nitrogen and oxygen atoms in total. The second-order valence-corrected chi connectivity index (χ2v) is 11.2. The number of aliphatic hydroxyl groups excluding tert-OH is 2. The molecule has 4 N–H and O–H groups in total. The van der Waals surface area contributed by atoms with Crippen LogP contribution < -0.4 is 0 Å². The van der Waals surface area contributed by atoms with E-state index in [4.69, 9.17) is 5.11 Å². The van der Waals surface area contributed by atoms with E-state index in [1.807, 2.05) is 50.3 Å². The first-order chi connectivity index (χ1) is 19.1. The Labute approximate surface area is 234 Å². The molecule has 2 aromatic rings. The van der Waals surface area contributed by atoms with Gasteiger partial charge in [-0.2, -0.15) is 0 Å². The Morgan fingerprint density at radius 1 is 1.05 bits per heavy atom. The predicted molar refractivity (Wildman–Crippen MR) is 152 cm³/mol. The highest BCUT2D eigenvalue weighted by Gasteiger charge is 2.54. The number of nitrogens with zero attached hydrogens (tertiary/aromatic N) is 1. The molecule has 1 saturated heterocycles. The van der Waals surface area contributed by atoms with Gasteiger partial charge in [0, 0.05) is 24.3 Å². The van der Waals surface area contributed by atoms with Crippen molar-refractivity contribution in [1.29, 1.82) is 0 Å². The SMILES string of the molecule is CC1=C([C@H](O)CC/C(C)=C/c2ccc(O)c3ccccc23)[C@H](CO)[C@@H]2C(=O)N(CCCCCC(=O)O)C(=O)[C@@H]2C1.